The minimum absolute atomic E-state index is 0.182. The van der Waals surface area contributed by atoms with Crippen LogP contribution in [0.5, 0.6) is 0 Å². The first-order valence-corrected chi connectivity index (χ1v) is 12.2. The molecule has 0 spiro atoms. The molecule has 4 rings (SSSR count). The van der Waals surface area contributed by atoms with E-state index < -0.39 is 15.9 Å². The molecule has 0 unspecified atom stereocenters. The summed E-state index contributed by atoms with van der Waals surface area (Å²) < 4.78 is 27.6. The van der Waals surface area contributed by atoms with Crippen molar-refractivity contribution in [2.75, 3.05) is 4.72 Å². The van der Waals surface area contributed by atoms with Crippen molar-refractivity contribution in [2.45, 2.75) is 35.9 Å². The summed E-state index contributed by atoms with van der Waals surface area (Å²) in [5.41, 5.74) is 5.68. The molecule has 0 saturated heterocycles. The number of anilines is 1. The average molecular weight is 451 g/mol. The number of hydrazine groups is 1. The molecule has 0 aliphatic heterocycles. The molecule has 1 heterocycles. The number of carbonyl (C=O) groups excluding carboxylic acids is 1. The van der Waals surface area contributed by atoms with Gasteiger partial charge >= 0.3 is 0 Å². The summed E-state index contributed by atoms with van der Waals surface area (Å²) in [7, 11) is -3.75. The summed E-state index contributed by atoms with van der Waals surface area (Å²) in [4.78, 5) is 12.6. The van der Waals surface area contributed by atoms with Crippen molar-refractivity contribution >= 4 is 50.3 Å². The molecule has 2 aliphatic rings. The highest BCUT2D eigenvalue weighted by atomic mass is 32.2. The predicted octanol–water partition coefficient (Wildman–Crippen LogP) is 2.85. The number of thiophene rings is 1. The van der Waals surface area contributed by atoms with Crippen molar-refractivity contribution < 1.29 is 13.2 Å². The third-order valence-corrected chi connectivity index (χ3v) is 8.50. The molecule has 0 radical (unpaired) electrons. The highest BCUT2D eigenvalue weighted by molar-refractivity contribution is 7.94. The van der Waals surface area contributed by atoms with E-state index in [1.807, 2.05) is 0 Å². The van der Waals surface area contributed by atoms with Crippen LogP contribution in [0.25, 0.3) is 0 Å². The third-order valence-electron chi connectivity index (χ3n) is 5.52. The fraction of sp³-hybridized carbons (Fsp3) is 0.368. The first-order valence-electron chi connectivity index (χ1n) is 9.44. The molecule has 2 saturated carbocycles. The van der Waals surface area contributed by atoms with E-state index in [9.17, 15) is 13.2 Å². The Balaban J connectivity index is 1.37. The molecular formula is C19H22N4O3S3. The van der Waals surface area contributed by atoms with Crippen LogP contribution in [0.4, 0.5) is 5.69 Å². The highest BCUT2D eigenvalue weighted by Gasteiger charge is 2.39. The molecule has 2 bridgehead atoms. The van der Waals surface area contributed by atoms with E-state index in [-0.39, 0.29) is 15.5 Å². The predicted molar refractivity (Wildman–Crippen MR) is 117 cm³/mol. The Labute approximate surface area is 179 Å². The monoisotopic (exact) mass is 450 g/mol. The molecule has 29 heavy (non-hydrogen) atoms. The van der Waals surface area contributed by atoms with E-state index >= 15 is 0 Å². The first-order chi connectivity index (χ1) is 13.9. The number of hydrogen-bond acceptors (Lipinski definition) is 5. The number of para-hydroxylation sites is 1. The third kappa shape index (κ3) is 4.54. The second-order valence-corrected chi connectivity index (χ2v) is 10.7. The molecule has 1 aromatic carbocycles. The van der Waals surface area contributed by atoms with Crippen molar-refractivity contribution in [3.8, 4) is 0 Å². The zero-order valence-corrected chi connectivity index (χ0v) is 18.0. The maximum absolute atomic E-state index is 12.6. The van der Waals surface area contributed by atoms with Crippen LogP contribution in [0.2, 0.25) is 0 Å². The zero-order chi connectivity index (χ0) is 20.4. The summed E-state index contributed by atoms with van der Waals surface area (Å²) in [6.07, 6.45) is 4.91. The van der Waals surface area contributed by atoms with Crippen molar-refractivity contribution in [2.24, 2.45) is 11.8 Å². The minimum atomic E-state index is -3.75. The van der Waals surface area contributed by atoms with Gasteiger partial charge in [0.15, 0.2) is 5.11 Å². The van der Waals surface area contributed by atoms with E-state index in [4.69, 9.17) is 12.2 Å². The molecule has 2 fully saturated rings. The number of nitrogens with one attached hydrogen (secondary N) is 4. The van der Waals surface area contributed by atoms with Crippen LogP contribution in [-0.2, 0) is 10.0 Å². The maximum atomic E-state index is 12.6. The minimum Gasteiger partial charge on any atom is -0.358 e. The van der Waals surface area contributed by atoms with Gasteiger partial charge in [-0.1, -0.05) is 24.6 Å². The van der Waals surface area contributed by atoms with Gasteiger partial charge in [0, 0.05) is 6.04 Å². The number of thiocarbonyl (C=S) groups is 1. The SMILES string of the molecule is O=C(NNC(=S)N[C@@H]1C[C@H]2CC[C@H]1C2)c1ccccc1NS(=O)(=O)c1cccs1. The lowest BCUT2D eigenvalue weighted by Gasteiger charge is -2.24. The van der Waals surface area contributed by atoms with Gasteiger partial charge in [-0.05, 0) is 66.9 Å². The number of amides is 1. The Morgan fingerprint density at radius 1 is 1.07 bits per heavy atom. The average Bonchev–Trinajstić information content (AvgIpc) is 3.44. The zero-order valence-electron chi connectivity index (χ0n) is 15.6. The molecule has 3 atom stereocenters. The Morgan fingerprint density at radius 3 is 2.59 bits per heavy atom. The van der Waals surface area contributed by atoms with Gasteiger partial charge in [0.05, 0.1) is 11.3 Å². The normalized spacial score (nSPS) is 22.8. The summed E-state index contributed by atoms with van der Waals surface area (Å²) in [6, 6.07) is 9.96. The number of hydrogen-bond donors (Lipinski definition) is 4. The molecule has 7 nitrogen and oxygen atoms in total. The van der Waals surface area contributed by atoms with Gasteiger partial charge in [-0.3, -0.25) is 20.4 Å². The van der Waals surface area contributed by atoms with Crippen LogP contribution in [-0.4, -0.2) is 25.5 Å². The van der Waals surface area contributed by atoms with E-state index in [2.05, 4.69) is 20.9 Å². The number of benzene rings is 1. The van der Waals surface area contributed by atoms with Gasteiger partial charge in [-0.25, -0.2) is 8.42 Å². The summed E-state index contributed by atoms with van der Waals surface area (Å²) in [6.45, 7) is 0. The number of rotatable bonds is 5. The van der Waals surface area contributed by atoms with E-state index in [0.29, 0.717) is 17.1 Å². The molecule has 1 aromatic heterocycles. The Bertz CT molecular complexity index is 1010. The maximum Gasteiger partial charge on any atom is 0.271 e. The lowest BCUT2D eigenvalue weighted by molar-refractivity contribution is 0.0944. The highest BCUT2D eigenvalue weighted by Crippen LogP contribution is 2.44. The number of sulfonamides is 1. The number of carbonyl (C=O) groups is 1. The van der Waals surface area contributed by atoms with Crippen LogP contribution in [0.15, 0.2) is 46.0 Å². The van der Waals surface area contributed by atoms with Crippen molar-refractivity contribution in [3.63, 3.8) is 0 Å². The fourth-order valence-corrected chi connectivity index (χ4v) is 6.46. The standard InChI is InChI=1S/C19H22N4O3S3/c24-18(21-22-19(27)20-16-11-12-7-8-13(16)10-12)14-4-1-2-5-15(14)23-29(25,26)17-6-3-9-28-17/h1-6,9,12-13,16,23H,7-8,10-11H2,(H,21,24)(H2,20,22,27)/t12-,13-,16+/m0/s1. The van der Waals surface area contributed by atoms with Crippen LogP contribution in [0.1, 0.15) is 36.0 Å². The van der Waals surface area contributed by atoms with Crippen molar-refractivity contribution in [3.05, 3.63) is 47.3 Å². The molecule has 2 aliphatic carbocycles. The van der Waals surface area contributed by atoms with E-state index in [0.717, 1.165) is 23.7 Å². The van der Waals surface area contributed by atoms with Gasteiger partial charge in [0.2, 0.25) is 0 Å². The van der Waals surface area contributed by atoms with Crippen LogP contribution >= 0.6 is 23.6 Å². The van der Waals surface area contributed by atoms with Crippen LogP contribution in [0, 0.1) is 11.8 Å². The molecule has 4 N–H and O–H groups in total. The fourth-order valence-electron chi connectivity index (χ4n) is 4.19. The second-order valence-electron chi connectivity index (χ2n) is 7.42. The topological polar surface area (TPSA) is 99.3 Å². The first kappa shape index (κ1) is 20.1. The number of fused-ring (bicyclic) bond motifs is 2. The van der Waals surface area contributed by atoms with Gasteiger partial charge in [-0.15, -0.1) is 11.3 Å². The van der Waals surface area contributed by atoms with Crippen molar-refractivity contribution in [1.82, 2.24) is 16.2 Å². The molecule has 10 heteroatoms. The molecule has 1 amide bonds. The van der Waals surface area contributed by atoms with Crippen LogP contribution < -0.4 is 20.9 Å². The molecular weight excluding hydrogens is 428 g/mol. The Hall–Kier alpha value is -2.17. The van der Waals surface area contributed by atoms with Crippen LogP contribution in [0.3, 0.4) is 0 Å². The quantitative estimate of drug-likeness (QED) is 0.413. The smallest absolute Gasteiger partial charge is 0.271 e. The van der Waals surface area contributed by atoms with E-state index in [1.165, 1.54) is 25.3 Å². The lowest BCUT2D eigenvalue weighted by Crippen LogP contribution is -2.50. The molecule has 2 aromatic rings. The largest absolute Gasteiger partial charge is 0.358 e. The van der Waals surface area contributed by atoms with Gasteiger partial charge in [0.25, 0.3) is 15.9 Å². The summed E-state index contributed by atoms with van der Waals surface area (Å²) in [5.74, 6) is 0.965. The molecule has 154 valence electrons. The second kappa shape index (κ2) is 8.29. The van der Waals surface area contributed by atoms with Gasteiger partial charge in [0.1, 0.15) is 4.21 Å². The van der Waals surface area contributed by atoms with Gasteiger partial charge in [-0.2, -0.15) is 0 Å². The Kier molecular flexibility index (Phi) is 5.75. The van der Waals surface area contributed by atoms with Gasteiger partial charge < -0.3 is 5.32 Å². The summed E-state index contributed by atoms with van der Waals surface area (Å²) >= 11 is 6.41. The summed E-state index contributed by atoms with van der Waals surface area (Å²) in [5, 5.41) is 5.33. The lowest BCUT2D eigenvalue weighted by atomic mass is 9.96. The van der Waals surface area contributed by atoms with Crippen molar-refractivity contribution in [1.29, 1.82) is 0 Å². The van der Waals surface area contributed by atoms with E-state index in [1.54, 1.807) is 35.7 Å². The Morgan fingerprint density at radius 2 is 1.90 bits per heavy atom.